The van der Waals surface area contributed by atoms with Gasteiger partial charge in [-0.05, 0) is 62.4 Å². The Bertz CT molecular complexity index is 1070. The molecule has 168 valence electrons. The molecule has 1 aromatic heterocycles. The third-order valence-corrected chi connectivity index (χ3v) is 6.14. The summed E-state index contributed by atoms with van der Waals surface area (Å²) in [6.45, 7) is 3.34. The van der Waals surface area contributed by atoms with Crippen LogP contribution >= 0.6 is 34.7 Å². The molecule has 0 fully saturated rings. The third kappa shape index (κ3) is 7.22. The van der Waals surface area contributed by atoms with Gasteiger partial charge in [0.2, 0.25) is 5.91 Å². The van der Waals surface area contributed by atoms with Crippen molar-refractivity contribution in [3.63, 3.8) is 0 Å². The molecule has 3 aromatic rings. The Morgan fingerprint density at radius 3 is 2.50 bits per heavy atom. The number of benzene rings is 2. The fraction of sp³-hybridized carbons (Fsp3) is 0.227. The van der Waals surface area contributed by atoms with E-state index in [1.165, 1.54) is 47.4 Å². The first kappa shape index (κ1) is 24.0. The maximum atomic E-state index is 12.9. The minimum Gasteiger partial charge on any atom is -0.478 e. The first-order valence-corrected chi connectivity index (χ1v) is 12.0. The molecule has 1 heterocycles. The van der Waals surface area contributed by atoms with Gasteiger partial charge < -0.3 is 10.1 Å². The molecule has 0 unspecified atom stereocenters. The van der Waals surface area contributed by atoms with E-state index in [-0.39, 0.29) is 23.4 Å². The number of amides is 2. The average Bonchev–Trinajstić information content (AvgIpc) is 3.18. The zero-order valence-electron chi connectivity index (χ0n) is 17.4. The van der Waals surface area contributed by atoms with E-state index in [0.29, 0.717) is 27.3 Å². The summed E-state index contributed by atoms with van der Waals surface area (Å²) >= 11 is 8.56. The molecule has 10 heteroatoms. The Morgan fingerprint density at radius 1 is 1.12 bits per heavy atom. The molecule has 2 amide bonds. The van der Waals surface area contributed by atoms with Crippen LogP contribution in [0.15, 0.2) is 53.9 Å². The summed E-state index contributed by atoms with van der Waals surface area (Å²) in [6, 6.07) is 12.4. The summed E-state index contributed by atoms with van der Waals surface area (Å²) < 4.78 is 18.7. The molecular formula is C22H21ClFN3O3S2. The normalized spacial score (nSPS) is 11.1. The summed E-state index contributed by atoms with van der Waals surface area (Å²) in [4.78, 5) is 29.0. The lowest BCUT2D eigenvalue weighted by Crippen LogP contribution is -2.42. The summed E-state index contributed by atoms with van der Waals surface area (Å²) in [6.07, 6.45) is 0. The minimum absolute atomic E-state index is 0.188. The molecule has 0 aliphatic rings. The quantitative estimate of drug-likeness (QED) is 0.405. The zero-order chi connectivity index (χ0) is 23.1. The Balaban J connectivity index is 1.45. The van der Waals surface area contributed by atoms with Crippen LogP contribution < -0.4 is 15.4 Å². The SMILES string of the molecule is CC(C)(Oc1ccc(Cl)cc1)C(=O)Nc1nc(CSCC(=O)Nc2ccc(F)cc2)cs1. The number of rotatable bonds is 9. The number of carbonyl (C=O) groups excluding carboxylic acids is 2. The molecule has 0 radical (unpaired) electrons. The maximum absolute atomic E-state index is 12.9. The van der Waals surface area contributed by atoms with E-state index in [9.17, 15) is 14.0 Å². The molecule has 0 bridgehead atoms. The van der Waals surface area contributed by atoms with Gasteiger partial charge in [0.15, 0.2) is 10.7 Å². The number of carbonyl (C=O) groups is 2. The van der Waals surface area contributed by atoms with Crippen molar-refractivity contribution in [3.05, 3.63) is 70.4 Å². The smallest absolute Gasteiger partial charge is 0.269 e. The predicted octanol–water partition coefficient (Wildman–Crippen LogP) is 5.60. The van der Waals surface area contributed by atoms with Crippen LogP contribution in [0, 0.1) is 5.82 Å². The minimum atomic E-state index is -1.12. The predicted molar refractivity (Wildman–Crippen MR) is 128 cm³/mol. The first-order chi connectivity index (χ1) is 15.2. The van der Waals surface area contributed by atoms with E-state index in [4.69, 9.17) is 16.3 Å². The number of thioether (sulfide) groups is 1. The molecule has 0 spiro atoms. The van der Waals surface area contributed by atoms with Crippen molar-refractivity contribution in [2.24, 2.45) is 0 Å². The van der Waals surface area contributed by atoms with Crippen LogP contribution in [0.1, 0.15) is 19.5 Å². The number of halogens is 2. The highest BCUT2D eigenvalue weighted by Gasteiger charge is 2.30. The maximum Gasteiger partial charge on any atom is 0.269 e. The van der Waals surface area contributed by atoms with Gasteiger partial charge >= 0.3 is 0 Å². The second kappa shape index (κ2) is 10.8. The van der Waals surface area contributed by atoms with Crippen LogP contribution in [-0.4, -0.2) is 28.2 Å². The van der Waals surface area contributed by atoms with E-state index >= 15 is 0 Å². The van der Waals surface area contributed by atoms with Crippen molar-refractivity contribution in [2.75, 3.05) is 16.4 Å². The second-order valence-corrected chi connectivity index (χ2v) is 9.49. The summed E-state index contributed by atoms with van der Waals surface area (Å²) in [5.74, 6) is 0.381. The van der Waals surface area contributed by atoms with Gasteiger partial charge in [-0.2, -0.15) is 0 Å². The molecule has 0 aliphatic heterocycles. The van der Waals surface area contributed by atoms with E-state index in [2.05, 4.69) is 15.6 Å². The number of hydrogen-bond acceptors (Lipinski definition) is 6. The Morgan fingerprint density at radius 2 is 1.81 bits per heavy atom. The lowest BCUT2D eigenvalue weighted by Gasteiger charge is -2.24. The lowest BCUT2D eigenvalue weighted by molar-refractivity contribution is -0.128. The van der Waals surface area contributed by atoms with Crippen LogP contribution in [0.2, 0.25) is 5.02 Å². The Hall–Kier alpha value is -2.62. The van der Waals surface area contributed by atoms with Gasteiger partial charge in [-0.25, -0.2) is 9.37 Å². The summed E-state index contributed by atoms with van der Waals surface area (Å²) in [5.41, 5.74) is 0.174. The number of thiazole rings is 1. The first-order valence-electron chi connectivity index (χ1n) is 9.55. The molecule has 0 atom stereocenters. The van der Waals surface area contributed by atoms with E-state index in [1.807, 2.05) is 5.38 Å². The van der Waals surface area contributed by atoms with Crippen molar-refractivity contribution in [2.45, 2.75) is 25.2 Å². The van der Waals surface area contributed by atoms with Crippen molar-refractivity contribution in [3.8, 4) is 5.75 Å². The molecule has 32 heavy (non-hydrogen) atoms. The van der Waals surface area contributed by atoms with Crippen molar-refractivity contribution in [1.82, 2.24) is 4.98 Å². The summed E-state index contributed by atoms with van der Waals surface area (Å²) in [5, 5.41) is 8.34. The van der Waals surface area contributed by atoms with Crippen molar-refractivity contribution >= 4 is 57.3 Å². The monoisotopic (exact) mass is 493 g/mol. The number of hydrogen-bond donors (Lipinski definition) is 2. The molecular weight excluding hydrogens is 473 g/mol. The fourth-order valence-electron chi connectivity index (χ4n) is 2.50. The number of ether oxygens (including phenoxy) is 1. The van der Waals surface area contributed by atoms with Gasteiger partial charge in [-0.1, -0.05) is 11.6 Å². The number of aromatic nitrogens is 1. The van der Waals surface area contributed by atoms with Crippen LogP contribution in [0.3, 0.4) is 0 Å². The highest BCUT2D eigenvalue weighted by atomic mass is 35.5. The van der Waals surface area contributed by atoms with E-state index in [1.54, 1.807) is 38.1 Å². The third-order valence-electron chi connectivity index (χ3n) is 4.12. The zero-order valence-corrected chi connectivity index (χ0v) is 19.7. The topological polar surface area (TPSA) is 80.3 Å². The standard InChI is InChI=1S/C22H21ClFN3O3S2/c1-22(2,30-18-9-3-14(23)4-10-18)20(29)27-21-26-17(12-32-21)11-31-13-19(28)25-16-7-5-15(24)6-8-16/h3-10,12H,11,13H2,1-2H3,(H,25,28)(H,26,27,29). The molecule has 3 rings (SSSR count). The Kier molecular flexibility index (Phi) is 8.11. The van der Waals surface area contributed by atoms with E-state index in [0.717, 1.165) is 5.69 Å². The van der Waals surface area contributed by atoms with Gasteiger partial charge in [0, 0.05) is 21.8 Å². The van der Waals surface area contributed by atoms with Crippen molar-refractivity contribution < 1.29 is 18.7 Å². The fourth-order valence-corrected chi connectivity index (χ4v) is 4.15. The highest BCUT2D eigenvalue weighted by molar-refractivity contribution is 7.99. The van der Waals surface area contributed by atoms with Crippen LogP contribution in [0.25, 0.3) is 0 Å². The van der Waals surface area contributed by atoms with Gasteiger partial charge in [-0.15, -0.1) is 23.1 Å². The largest absolute Gasteiger partial charge is 0.478 e. The Labute approximate surface area is 198 Å². The molecule has 2 aromatic carbocycles. The number of nitrogens with zero attached hydrogens (tertiary/aromatic N) is 1. The molecule has 0 saturated carbocycles. The molecule has 2 N–H and O–H groups in total. The van der Waals surface area contributed by atoms with Crippen LogP contribution in [0.4, 0.5) is 15.2 Å². The van der Waals surface area contributed by atoms with E-state index < -0.39 is 5.60 Å². The van der Waals surface area contributed by atoms with Gasteiger partial charge in [0.1, 0.15) is 11.6 Å². The highest BCUT2D eigenvalue weighted by Crippen LogP contribution is 2.24. The second-order valence-electron chi connectivity index (χ2n) is 7.21. The molecule has 6 nitrogen and oxygen atoms in total. The molecule has 0 aliphatic carbocycles. The average molecular weight is 494 g/mol. The number of anilines is 2. The lowest BCUT2D eigenvalue weighted by atomic mass is 10.1. The van der Waals surface area contributed by atoms with Gasteiger partial charge in [-0.3, -0.25) is 14.9 Å². The van der Waals surface area contributed by atoms with Crippen LogP contribution in [-0.2, 0) is 15.3 Å². The van der Waals surface area contributed by atoms with Gasteiger partial charge in [0.25, 0.3) is 5.91 Å². The molecule has 0 saturated heterocycles. The van der Waals surface area contributed by atoms with Crippen molar-refractivity contribution in [1.29, 1.82) is 0 Å². The summed E-state index contributed by atoms with van der Waals surface area (Å²) in [7, 11) is 0. The number of nitrogens with one attached hydrogen (secondary N) is 2. The van der Waals surface area contributed by atoms with Gasteiger partial charge in [0.05, 0.1) is 11.4 Å². The van der Waals surface area contributed by atoms with Crippen LogP contribution in [0.5, 0.6) is 5.75 Å².